The van der Waals surface area contributed by atoms with Crippen LogP contribution in [0.4, 0.5) is 0 Å². The van der Waals surface area contributed by atoms with Crippen molar-refractivity contribution in [1.29, 1.82) is 0 Å². The number of carbonyl (C=O) groups excluding carboxylic acids is 2. The minimum absolute atomic E-state index is 0.150. The summed E-state index contributed by atoms with van der Waals surface area (Å²) in [5, 5.41) is 1.02. The van der Waals surface area contributed by atoms with Crippen molar-refractivity contribution in [3.05, 3.63) is 78.0 Å². The molecule has 0 unspecified atom stereocenters. The topological polar surface area (TPSA) is 59.5 Å². The van der Waals surface area contributed by atoms with E-state index in [1.54, 1.807) is 11.1 Å². The number of ether oxygens (including phenoxy) is 1. The van der Waals surface area contributed by atoms with E-state index >= 15 is 0 Å². The van der Waals surface area contributed by atoms with Gasteiger partial charge in [0.2, 0.25) is 0 Å². The molecule has 1 aromatic heterocycles. The summed E-state index contributed by atoms with van der Waals surface area (Å²) in [6, 6.07) is 19.6. The number of hydrogen-bond acceptors (Lipinski definition) is 4. The number of para-hydroxylation sites is 1. The highest BCUT2D eigenvalue weighted by Gasteiger charge is 2.35. The summed E-state index contributed by atoms with van der Waals surface area (Å²) in [6.45, 7) is 2.43. The molecule has 1 amide bonds. The molecule has 1 aliphatic rings. The maximum Gasteiger partial charge on any atom is 0.306 e. The zero-order valence-electron chi connectivity index (χ0n) is 15.7. The molecule has 0 radical (unpaired) electrons. The third-order valence-corrected chi connectivity index (χ3v) is 5.27. The van der Waals surface area contributed by atoms with Crippen LogP contribution in [0, 0.1) is 0 Å². The molecule has 1 aliphatic heterocycles. The van der Waals surface area contributed by atoms with Gasteiger partial charge in [-0.1, -0.05) is 48.5 Å². The summed E-state index contributed by atoms with van der Waals surface area (Å²) >= 11 is 0. The number of nitrogens with zero attached hydrogens (tertiary/aromatic N) is 2. The van der Waals surface area contributed by atoms with E-state index < -0.39 is 6.10 Å². The lowest BCUT2D eigenvalue weighted by Crippen LogP contribution is -2.40. The van der Waals surface area contributed by atoms with E-state index in [1.165, 1.54) is 0 Å². The van der Waals surface area contributed by atoms with Crippen LogP contribution < -0.4 is 0 Å². The number of fused-ring (bicyclic) bond motifs is 1. The molecule has 0 bridgehead atoms. The third-order valence-electron chi connectivity index (χ3n) is 5.27. The maximum absolute atomic E-state index is 13.3. The number of pyridine rings is 1. The number of hydrogen-bond donors (Lipinski definition) is 0. The molecule has 3 aromatic rings. The molecular formula is C23H22N2O3. The standard InChI is InChI=1S/C23H22N2O3/c1-16(17-7-3-2-4-8-17)25(23(27)21-11-12-22(26)28-21)15-18-13-14-24-20-10-6-5-9-19(18)20/h2-10,13-14,16,21H,11-12,15H2,1H3/t16-,21-/m1/s1. The molecular weight excluding hydrogens is 352 g/mol. The molecule has 5 heteroatoms. The molecule has 0 saturated carbocycles. The molecule has 2 aromatic carbocycles. The van der Waals surface area contributed by atoms with E-state index in [9.17, 15) is 9.59 Å². The lowest BCUT2D eigenvalue weighted by atomic mass is 10.0. The number of rotatable bonds is 5. The average Bonchev–Trinajstić information content (AvgIpc) is 3.18. The highest BCUT2D eigenvalue weighted by Crippen LogP contribution is 2.28. The average molecular weight is 374 g/mol. The van der Waals surface area contributed by atoms with Gasteiger partial charge in [-0.05, 0) is 30.2 Å². The Balaban J connectivity index is 1.70. The van der Waals surface area contributed by atoms with Gasteiger partial charge in [-0.3, -0.25) is 14.6 Å². The quantitative estimate of drug-likeness (QED) is 0.633. The zero-order valence-corrected chi connectivity index (χ0v) is 15.7. The van der Waals surface area contributed by atoms with E-state index in [1.807, 2.05) is 67.6 Å². The van der Waals surface area contributed by atoms with Crippen LogP contribution in [0.2, 0.25) is 0 Å². The van der Waals surface area contributed by atoms with Gasteiger partial charge in [0.1, 0.15) is 0 Å². The number of amides is 1. The first-order valence-corrected chi connectivity index (χ1v) is 9.51. The molecule has 28 heavy (non-hydrogen) atoms. The normalized spacial score (nSPS) is 17.3. The van der Waals surface area contributed by atoms with Gasteiger partial charge in [-0.2, -0.15) is 0 Å². The summed E-state index contributed by atoms with van der Waals surface area (Å²) in [7, 11) is 0. The fourth-order valence-electron chi connectivity index (χ4n) is 3.68. The highest BCUT2D eigenvalue weighted by molar-refractivity contribution is 5.87. The summed E-state index contributed by atoms with van der Waals surface area (Å²) in [5.41, 5.74) is 2.96. The minimum atomic E-state index is -0.702. The SMILES string of the molecule is C[C@H](c1ccccc1)N(Cc1ccnc2ccccc12)C(=O)[C@H]1CCC(=O)O1. The minimum Gasteiger partial charge on any atom is -0.452 e. The lowest BCUT2D eigenvalue weighted by Gasteiger charge is -2.31. The van der Waals surface area contributed by atoms with Gasteiger partial charge in [0, 0.05) is 31.0 Å². The van der Waals surface area contributed by atoms with Gasteiger partial charge < -0.3 is 9.64 Å². The molecule has 1 fully saturated rings. The van der Waals surface area contributed by atoms with Crippen molar-refractivity contribution in [3.8, 4) is 0 Å². The van der Waals surface area contributed by atoms with Gasteiger partial charge in [0.15, 0.2) is 6.10 Å². The van der Waals surface area contributed by atoms with Crippen LogP contribution in [0.1, 0.15) is 36.9 Å². The van der Waals surface area contributed by atoms with Crippen molar-refractivity contribution >= 4 is 22.8 Å². The predicted octanol–water partition coefficient (Wildman–Crippen LogP) is 4.03. The van der Waals surface area contributed by atoms with E-state index in [4.69, 9.17) is 4.74 Å². The molecule has 0 aliphatic carbocycles. The van der Waals surface area contributed by atoms with Gasteiger partial charge in [0.05, 0.1) is 11.6 Å². The Hall–Kier alpha value is -3.21. The van der Waals surface area contributed by atoms with E-state index in [0.29, 0.717) is 19.4 Å². The molecule has 5 nitrogen and oxygen atoms in total. The largest absolute Gasteiger partial charge is 0.452 e. The fourth-order valence-corrected chi connectivity index (χ4v) is 3.68. The Bertz CT molecular complexity index is 998. The summed E-state index contributed by atoms with van der Waals surface area (Å²) in [4.78, 5) is 31.0. The first kappa shape index (κ1) is 18.2. The van der Waals surface area contributed by atoms with Crippen molar-refractivity contribution in [1.82, 2.24) is 9.88 Å². The second-order valence-corrected chi connectivity index (χ2v) is 7.06. The van der Waals surface area contributed by atoms with Crippen LogP contribution in [-0.2, 0) is 20.9 Å². The smallest absolute Gasteiger partial charge is 0.306 e. The highest BCUT2D eigenvalue weighted by atomic mass is 16.6. The summed E-state index contributed by atoms with van der Waals surface area (Å²) in [6.07, 6.45) is 1.80. The van der Waals surface area contributed by atoms with Crippen LogP contribution in [0.25, 0.3) is 10.9 Å². The van der Waals surface area contributed by atoms with E-state index in [0.717, 1.165) is 22.0 Å². The van der Waals surface area contributed by atoms with E-state index in [-0.39, 0.29) is 17.9 Å². The van der Waals surface area contributed by atoms with Gasteiger partial charge in [-0.15, -0.1) is 0 Å². The Labute approximate surface area is 163 Å². The monoisotopic (exact) mass is 374 g/mol. The zero-order chi connectivity index (χ0) is 19.5. The van der Waals surface area contributed by atoms with Gasteiger partial charge in [0.25, 0.3) is 5.91 Å². The van der Waals surface area contributed by atoms with Crippen molar-refractivity contribution < 1.29 is 14.3 Å². The van der Waals surface area contributed by atoms with Crippen molar-refractivity contribution in [2.75, 3.05) is 0 Å². The molecule has 1 saturated heterocycles. The number of aromatic nitrogens is 1. The molecule has 0 N–H and O–H groups in total. The van der Waals surface area contributed by atoms with Crippen molar-refractivity contribution in [2.45, 2.75) is 38.5 Å². The van der Waals surface area contributed by atoms with Crippen LogP contribution in [0.3, 0.4) is 0 Å². The lowest BCUT2D eigenvalue weighted by molar-refractivity contribution is -0.154. The number of cyclic esters (lactones) is 1. The van der Waals surface area contributed by atoms with E-state index in [2.05, 4.69) is 4.98 Å². The van der Waals surface area contributed by atoms with Crippen LogP contribution in [0.15, 0.2) is 66.9 Å². The Morgan fingerprint density at radius 2 is 1.89 bits per heavy atom. The first-order valence-electron chi connectivity index (χ1n) is 9.51. The Kier molecular flexibility index (Phi) is 5.06. The summed E-state index contributed by atoms with van der Waals surface area (Å²) in [5.74, 6) is -0.455. The number of carbonyl (C=O) groups is 2. The van der Waals surface area contributed by atoms with Gasteiger partial charge in [-0.25, -0.2) is 0 Å². The maximum atomic E-state index is 13.3. The summed E-state index contributed by atoms with van der Waals surface area (Å²) < 4.78 is 5.27. The van der Waals surface area contributed by atoms with Crippen LogP contribution in [-0.4, -0.2) is 27.9 Å². The fraction of sp³-hybridized carbons (Fsp3) is 0.261. The van der Waals surface area contributed by atoms with Gasteiger partial charge >= 0.3 is 5.97 Å². The Morgan fingerprint density at radius 3 is 2.64 bits per heavy atom. The second kappa shape index (κ2) is 7.80. The Morgan fingerprint density at radius 1 is 1.14 bits per heavy atom. The second-order valence-electron chi connectivity index (χ2n) is 7.06. The first-order chi connectivity index (χ1) is 13.6. The van der Waals surface area contributed by atoms with Crippen LogP contribution >= 0.6 is 0 Å². The molecule has 0 spiro atoms. The van der Waals surface area contributed by atoms with Crippen molar-refractivity contribution in [2.24, 2.45) is 0 Å². The third kappa shape index (κ3) is 3.60. The number of esters is 1. The molecule has 142 valence electrons. The van der Waals surface area contributed by atoms with Crippen LogP contribution in [0.5, 0.6) is 0 Å². The predicted molar refractivity (Wildman–Crippen MR) is 106 cm³/mol. The molecule has 2 heterocycles. The molecule has 4 rings (SSSR count). The molecule has 2 atom stereocenters. The number of benzene rings is 2. The van der Waals surface area contributed by atoms with Crippen molar-refractivity contribution in [3.63, 3.8) is 0 Å².